The standard InChI is InChI=1S/C19H15NO4.C4H4O4/c1-22-16-3-2-11-6-15-13-8-18-17(23-10-24-18)7-12(13)4-5-20(15)9-14(11)19(16)21;5-3(6)1-2-4(7)8/h2-3,6-9H,4-5,10H2,1H3;1-2H,(H,5,6)(H,7,8)/p+1/b;2-1-. The third kappa shape index (κ3) is 4.00. The van der Waals surface area contributed by atoms with Crippen molar-refractivity contribution in [1.29, 1.82) is 0 Å². The van der Waals surface area contributed by atoms with E-state index in [1.54, 1.807) is 13.2 Å². The van der Waals surface area contributed by atoms with E-state index in [-0.39, 0.29) is 12.5 Å². The average Bonchev–Trinajstić information content (AvgIpc) is 3.23. The molecule has 0 spiro atoms. The van der Waals surface area contributed by atoms with Gasteiger partial charge in [0.1, 0.15) is 0 Å². The van der Waals surface area contributed by atoms with Gasteiger partial charge < -0.3 is 29.5 Å². The van der Waals surface area contributed by atoms with Gasteiger partial charge in [0.25, 0.3) is 0 Å². The van der Waals surface area contributed by atoms with Crippen LogP contribution < -0.4 is 18.8 Å². The molecule has 0 aliphatic carbocycles. The molecule has 2 aliphatic rings. The van der Waals surface area contributed by atoms with E-state index >= 15 is 0 Å². The summed E-state index contributed by atoms with van der Waals surface area (Å²) in [5, 5.41) is 27.8. The number of phenols is 1. The van der Waals surface area contributed by atoms with Gasteiger partial charge in [-0.3, -0.25) is 0 Å². The van der Waals surface area contributed by atoms with Gasteiger partial charge in [0.05, 0.1) is 18.1 Å². The van der Waals surface area contributed by atoms with Gasteiger partial charge in [0.15, 0.2) is 35.7 Å². The SMILES string of the molecule is COc1ccc2cc3[n+](cc2c1O)CCc1cc2c(cc1-3)OCO2.O=C(O)/C=C\C(=O)O. The van der Waals surface area contributed by atoms with E-state index in [2.05, 4.69) is 22.8 Å². The Hall–Kier alpha value is -4.27. The Balaban J connectivity index is 0.000000265. The van der Waals surface area contributed by atoms with Crippen molar-refractivity contribution in [3.05, 3.63) is 54.2 Å². The fourth-order valence-corrected chi connectivity index (χ4v) is 3.72. The van der Waals surface area contributed by atoms with Crippen molar-refractivity contribution in [3.63, 3.8) is 0 Å². The largest absolute Gasteiger partial charge is 0.504 e. The number of aliphatic carboxylic acids is 2. The Morgan fingerprint density at radius 1 is 1.06 bits per heavy atom. The molecule has 9 nitrogen and oxygen atoms in total. The number of hydrogen-bond donors (Lipinski definition) is 3. The third-order valence-corrected chi connectivity index (χ3v) is 5.19. The summed E-state index contributed by atoms with van der Waals surface area (Å²) in [7, 11) is 1.56. The maximum Gasteiger partial charge on any atom is 0.328 e. The molecule has 3 aromatic rings. The van der Waals surface area contributed by atoms with Crippen LogP contribution in [-0.2, 0) is 22.6 Å². The lowest BCUT2D eigenvalue weighted by Gasteiger charge is -2.16. The summed E-state index contributed by atoms with van der Waals surface area (Å²) in [4.78, 5) is 19.1. The lowest BCUT2D eigenvalue weighted by molar-refractivity contribution is -0.686. The first-order chi connectivity index (χ1) is 15.4. The number of carbonyl (C=O) groups is 2. The number of hydrogen-bond acceptors (Lipinski definition) is 6. The highest BCUT2D eigenvalue weighted by molar-refractivity contribution is 5.91. The van der Waals surface area contributed by atoms with Crippen LogP contribution >= 0.6 is 0 Å². The van der Waals surface area contributed by atoms with E-state index in [0.29, 0.717) is 17.9 Å². The monoisotopic (exact) mass is 438 g/mol. The van der Waals surface area contributed by atoms with Crippen LogP contribution in [0.2, 0.25) is 0 Å². The summed E-state index contributed by atoms with van der Waals surface area (Å²) in [6.45, 7) is 1.14. The molecule has 3 heterocycles. The third-order valence-electron chi connectivity index (χ3n) is 5.19. The highest BCUT2D eigenvalue weighted by Gasteiger charge is 2.28. The first-order valence-corrected chi connectivity index (χ1v) is 9.67. The first kappa shape index (κ1) is 21.0. The van der Waals surface area contributed by atoms with E-state index in [9.17, 15) is 14.7 Å². The Bertz CT molecular complexity index is 1250. The number of ether oxygens (including phenoxy) is 3. The van der Waals surface area contributed by atoms with Crippen LogP contribution in [0.4, 0.5) is 0 Å². The summed E-state index contributed by atoms with van der Waals surface area (Å²) in [6, 6.07) is 10.00. The van der Waals surface area contributed by atoms with Gasteiger partial charge in [0, 0.05) is 24.6 Å². The van der Waals surface area contributed by atoms with Gasteiger partial charge in [-0.2, -0.15) is 4.57 Å². The Morgan fingerprint density at radius 3 is 2.41 bits per heavy atom. The van der Waals surface area contributed by atoms with Gasteiger partial charge in [-0.25, -0.2) is 9.59 Å². The van der Waals surface area contributed by atoms with Crippen LogP contribution in [0, 0.1) is 0 Å². The van der Waals surface area contributed by atoms with Crippen molar-refractivity contribution < 1.29 is 43.7 Å². The lowest BCUT2D eigenvalue weighted by atomic mass is 9.95. The maximum absolute atomic E-state index is 10.4. The van der Waals surface area contributed by atoms with Crippen molar-refractivity contribution >= 4 is 22.7 Å². The number of rotatable bonds is 3. The number of methoxy groups -OCH3 is 1. The summed E-state index contributed by atoms with van der Waals surface area (Å²) in [5.74, 6) is -0.227. The van der Waals surface area contributed by atoms with Gasteiger partial charge in [-0.15, -0.1) is 0 Å². The second-order valence-corrected chi connectivity index (χ2v) is 7.09. The molecule has 32 heavy (non-hydrogen) atoms. The number of phenolic OH excluding ortho intramolecular Hbond substituents is 1. The van der Waals surface area contributed by atoms with Crippen LogP contribution in [0.25, 0.3) is 22.0 Å². The topological polar surface area (TPSA) is 126 Å². The van der Waals surface area contributed by atoms with Crippen molar-refractivity contribution in [2.75, 3.05) is 13.9 Å². The zero-order chi connectivity index (χ0) is 22.8. The molecule has 2 aliphatic heterocycles. The zero-order valence-electron chi connectivity index (χ0n) is 17.1. The van der Waals surface area contributed by atoms with E-state index < -0.39 is 11.9 Å². The number of aromatic nitrogens is 1. The Morgan fingerprint density at radius 2 is 1.75 bits per heavy atom. The molecule has 0 unspecified atom stereocenters. The number of carboxylic acid groups (broad SMARTS) is 2. The van der Waals surface area contributed by atoms with Crippen LogP contribution in [0.1, 0.15) is 5.56 Å². The second-order valence-electron chi connectivity index (χ2n) is 7.09. The molecule has 164 valence electrons. The van der Waals surface area contributed by atoms with Crippen LogP contribution in [0.15, 0.2) is 48.7 Å². The highest BCUT2D eigenvalue weighted by atomic mass is 16.7. The van der Waals surface area contributed by atoms with Gasteiger partial charge in [-0.05, 0) is 35.2 Å². The molecule has 0 saturated carbocycles. The van der Waals surface area contributed by atoms with E-state index in [4.69, 9.17) is 24.4 Å². The number of pyridine rings is 1. The normalized spacial score (nSPS) is 13.2. The van der Waals surface area contributed by atoms with Gasteiger partial charge in [-0.1, -0.05) is 0 Å². The van der Waals surface area contributed by atoms with Gasteiger partial charge >= 0.3 is 11.9 Å². The van der Waals surface area contributed by atoms with E-state index in [1.807, 2.05) is 12.3 Å². The number of carboxylic acids is 2. The molecule has 0 bridgehead atoms. The summed E-state index contributed by atoms with van der Waals surface area (Å²) >= 11 is 0. The predicted molar refractivity (Wildman–Crippen MR) is 112 cm³/mol. The molecule has 0 fully saturated rings. The number of nitrogens with zero attached hydrogens (tertiary/aromatic N) is 1. The fraction of sp³-hybridized carbons (Fsp3) is 0.174. The molecule has 0 radical (unpaired) electrons. The Labute approximate surface area is 182 Å². The van der Waals surface area contributed by atoms with Crippen LogP contribution in [0.5, 0.6) is 23.0 Å². The molecule has 0 atom stereocenters. The first-order valence-electron chi connectivity index (χ1n) is 9.67. The molecule has 3 N–H and O–H groups in total. The summed E-state index contributed by atoms with van der Waals surface area (Å²) in [6.07, 6.45) is 4.03. The smallest absolute Gasteiger partial charge is 0.328 e. The summed E-state index contributed by atoms with van der Waals surface area (Å²) < 4.78 is 18.4. The molecule has 1 aromatic heterocycles. The lowest BCUT2D eigenvalue weighted by Crippen LogP contribution is -2.39. The minimum absolute atomic E-state index is 0.182. The van der Waals surface area contributed by atoms with Crippen molar-refractivity contribution in [2.24, 2.45) is 0 Å². The fourth-order valence-electron chi connectivity index (χ4n) is 3.72. The molecule has 2 aromatic carbocycles. The Kier molecular flexibility index (Phi) is 5.55. The molecule has 9 heteroatoms. The van der Waals surface area contributed by atoms with Crippen molar-refractivity contribution in [1.82, 2.24) is 0 Å². The predicted octanol–water partition coefficient (Wildman–Crippen LogP) is 2.51. The van der Waals surface area contributed by atoms with E-state index in [0.717, 1.165) is 46.5 Å². The molecule has 5 rings (SSSR count). The average molecular weight is 438 g/mol. The number of aromatic hydroxyl groups is 1. The second kappa shape index (κ2) is 8.46. The van der Waals surface area contributed by atoms with E-state index in [1.165, 1.54) is 5.56 Å². The molecular formula is C23H20NO8+. The highest BCUT2D eigenvalue weighted by Crippen LogP contribution is 2.41. The number of aryl methyl sites for hydroxylation is 2. The molecule has 0 amide bonds. The minimum atomic E-state index is -1.26. The molecule has 0 saturated heterocycles. The summed E-state index contributed by atoms with van der Waals surface area (Å²) in [5.41, 5.74) is 3.53. The minimum Gasteiger partial charge on any atom is -0.504 e. The van der Waals surface area contributed by atoms with Crippen molar-refractivity contribution in [3.8, 4) is 34.3 Å². The van der Waals surface area contributed by atoms with Crippen molar-refractivity contribution in [2.45, 2.75) is 13.0 Å². The zero-order valence-corrected chi connectivity index (χ0v) is 17.1. The number of benzene rings is 2. The molecular weight excluding hydrogens is 418 g/mol. The van der Waals surface area contributed by atoms with Crippen LogP contribution in [0.3, 0.4) is 0 Å². The quantitative estimate of drug-likeness (QED) is 0.421. The maximum atomic E-state index is 10.4. The van der Waals surface area contributed by atoms with Gasteiger partial charge in [0.2, 0.25) is 12.5 Å². The van der Waals surface area contributed by atoms with Crippen LogP contribution in [-0.4, -0.2) is 41.2 Å². The number of fused-ring (bicyclic) bond motifs is 5.